The zero-order valence-corrected chi connectivity index (χ0v) is 14.8. The van der Waals surface area contributed by atoms with Gasteiger partial charge in [0.1, 0.15) is 0 Å². The van der Waals surface area contributed by atoms with Gasteiger partial charge < -0.3 is 10.4 Å². The molecule has 2 aromatic carbocycles. The van der Waals surface area contributed by atoms with Crippen LogP contribution >= 0.6 is 0 Å². The Hall–Kier alpha value is -2.45. The minimum absolute atomic E-state index is 0.135. The Morgan fingerprint density at radius 3 is 2.40 bits per heavy atom. The summed E-state index contributed by atoms with van der Waals surface area (Å²) in [5, 5.41) is 13.6. The van der Waals surface area contributed by atoms with Crippen molar-refractivity contribution in [1.82, 2.24) is 9.62 Å². The number of carboxylic acids is 1. The summed E-state index contributed by atoms with van der Waals surface area (Å²) in [6.45, 7) is 1.03. The maximum Gasteiger partial charge on any atom is 0.330 e. The third-order valence-electron chi connectivity index (χ3n) is 3.87. The molecule has 0 heterocycles. The van der Waals surface area contributed by atoms with Crippen molar-refractivity contribution >= 4 is 32.7 Å². The van der Waals surface area contributed by atoms with E-state index in [-0.39, 0.29) is 5.75 Å². The van der Waals surface area contributed by atoms with Crippen molar-refractivity contribution < 1.29 is 23.1 Å². The van der Waals surface area contributed by atoms with Gasteiger partial charge in [0.2, 0.25) is 15.9 Å². The third-order valence-corrected chi connectivity index (χ3v) is 5.67. The van der Waals surface area contributed by atoms with Gasteiger partial charge in [-0.2, -0.15) is 4.31 Å². The van der Waals surface area contributed by atoms with Crippen molar-refractivity contribution in [3.63, 3.8) is 0 Å². The van der Waals surface area contributed by atoms with Gasteiger partial charge in [-0.1, -0.05) is 36.4 Å². The Morgan fingerprint density at radius 1 is 1.16 bits per heavy atom. The second-order valence-corrected chi connectivity index (χ2v) is 7.97. The number of amides is 1. The van der Waals surface area contributed by atoms with E-state index in [4.69, 9.17) is 0 Å². The maximum absolute atomic E-state index is 12.1. The molecule has 2 aromatic rings. The lowest BCUT2D eigenvalue weighted by Gasteiger charge is -2.19. The number of nitrogens with zero attached hydrogens (tertiary/aromatic N) is 1. The second-order valence-electron chi connectivity index (χ2n) is 5.60. The number of hydrogen-bond acceptors (Lipinski definition) is 4. The monoisotopic (exact) mass is 364 g/mol. The van der Waals surface area contributed by atoms with E-state index in [0.717, 1.165) is 15.1 Å². The van der Waals surface area contributed by atoms with Gasteiger partial charge in [-0.15, -0.1) is 0 Å². The standard InChI is InChI=1S/C17H20N2O5S/c1-3-25(23,24)19(2)11-15(20)18-16(17(21)22)14-9-8-12-6-4-5-7-13(12)10-14/h4-10,16H,3,11H2,1-2H3,(H,18,20)(H,21,22). The number of carboxylic acid groups (broad SMARTS) is 1. The van der Waals surface area contributed by atoms with Gasteiger partial charge in [0.05, 0.1) is 12.3 Å². The SMILES string of the molecule is CCS(=O)(=O)N(C)CC(=O)NC(C(=O)O)c1ccc2ccccc2c1. The van der Waals surface area contributed by atoms with Gasteiger partial charge in [-0.25, -0.2) is 13.2 Å². The molecule has 0 aromatic heterocycles. The average molecular weight is 364 g/mol. The van der Waals surface area contributed by atoms with E-state index >= 15 is 0 Å². The van der Waals surface area contributed by atoms with Crippen molar-refractivity contribution in [2.75, 3.05) is 19.3 Å². The van der Waals surface area contributed by atoms with Crippen LogP contribution in [0, 0.1) is 0 Å². The molecule has 0 saturated heterocycles. The first-order valence-corrected chi connectivity index (χ1v) is 9.30. The summed E-state index contributed by atoms with van der Waals surface area (Å²) >= 11 is 0. The summed E-state index contributed by atoms with van der Waals surface area (Å²) in [6.07, 6.45) is 0. The predicted octanol–water partition coefficient (Wildman–Crippen LogP) is 1.36. The molecule has 0 saturated carbocycles. The largest absolute Gasteiger partial charge is 0.479 e. The van der Waals surface area contributed by atoms with Crippen molar-refractivity contribution in [3.8, 4) is 0 Å². The van der Waals surface area contributed by atoms with Gasteiger partial charge in [-0.05, 0) is 29.3 Å². The van der Waals surface area contributed by atoms with Crippen LogP contribution in [0.3, 0.4) is 0 Å². The number of carbonyl (C=O) groups excluding carboxylic acids is 1. The van der Waals surface area contributed by atoms with E-state index in [1.54, 1.807) is 18.2 Å². The molecule has 134 valence electrons. The number of fused-ring (bicyclic) bond motifs is 1. The van der Waals surface area contributed by atoms with Gasteiger partial charge in [0, 0.05) is 7.05 Å². The molecule has 8 heteroatoms. The Labute approximate surface area is 146 Å². The normalized spacial score (nSPS) is 12.9. The smallest absolute Gasteiger partial charge is 0.330 e. The Balaban J connectivity index is 2.20. The zero-order valence-electron chi connectivity index (χ0n) is 14.0. The lowest BCUT2D eigenvalue weighted by atomic mass is 10.0. The minimum atomic E-state index is -3.52. The summed E-state index contributed by atoms with van der Waals surface area (Å²) in [4.78, 5) is 23.7. The van der Waals surface area contributed by atoms with Crippen LogP contribution in [0.2, 0.25) is 0 Å². The topological polar surface area (TPSA) is 104 Å². The molecular formula is C17H20N2O5S. The molecule has 1 unspecified atom stereocenters. The van der Waals surface area contributed by atoms with E-state index in [2.05, 4.69) is 5.32 Å². The summed E-state index contributed by atoms with van der Waals surface area (Å²) in [5.74, 6) is -2.03. The molecule has 2 N–H and O–H groups in total. The Bertz CT molecular complexity index is 895. The fourth-order valence-corrected chi connectivity index (χ4v) is 3.16. The highest BCUT2D eigenvalue weighted by atomic mass is 32.2. The number of carbonyl (C=O) groups is 2. The van der Waals surface area contributed by atoms with E-state index in [1.165, 1.54) is 14.0 Å². The molecule has 0 aliphatic heterocycles. The highest BCUT2D eigenvalue weighted by Crippen LogP contribution is 2.21. The van der Waals surface area contributed by atoms with Gasteiger partial charge >= 0.3 is 5.97 Å². The third kappa shape index (κ3) is 4.55. The summed E-state index contributed by atoms with van der Waals surface area (Å²) < 4.78 is 24.3. The number of rotatable bonds is 7. The summed E-state index contributed by atoms with van der Waals surface area (Å²) in [5.41, 5.74) is 0.417. The van der Waals surface area contributed by atoms with E-state index in [1.807, 2.05) is 24.3 Å². The fourth-order valence-electron chi connectivity index (χ4n) is 2.40. The highest BCUT2D eigenvalue weighted by molar-refractivity contribution is 7.89. The Morgan fingerprint density at radius 2 is 1.80 bits per heavy atom. The van der Waals surface area contributed by atoms with Crippen molar-refractivity contribution in [1.29, 1.82) is 0 Å². The van der Waals surface area contributed by atoms with Crippen LogP contribution in [0.1, 0.15) is 18.5 Å². The van der Waals surface area contributed by atoms with Gasteiger partial charge in [0.25, 0.3) is 0 Å². The van der Waals surface area contributed by atoms with Crippen LogP contribution in [0.5, 0.6) is 0 Å². The lowest BCUT2D eigenvalue weighted by Crippen LogP contribution is -2.42. The Kier molecular flexibility index (Phi) is 5.76. The first kappa shape index (κ1) is 18.9. The van der Waals surface area contributed by atoms with Gasteiger partial charge in [-0.3, -0.25) is 4.79 Å². The van der Waals surface area contributed by atoms with Crippen LogP contribution in [-0.4, -0.2) is 49.1 Å². The lowest BCUT2D eigenvalue weighted by molar-refractivity contribution is -0.142. The first-order valence-electron chi connectivity index (χ1n) is 7.69. The molecule has 7 nitrogen and oxygen atoms in total. The molecule has 0 aliphatic rings. The van der Waals surface area contributed by atoms with Crippen molar-refractivity contribution in [2.45, 2.75) is 13.0 Å². The number of nitrogens with one attached hydrogen (secondary N) is 1. The van der Waals surface area contributed by atoms with Crippen LogP contribution in [0.4, 0.5) is 0 Å². The van der Waals surface area contributed by atoms with Crippen LogP contribution in [-0.2, 0) is 19.6 Å². The molecule has 2 rings (SSSR count). The number of likely N-dealkylation sites (N-methyl/N-ethyl adjacent to an activating group) is 1. The fraction of sp³-hybridized carbons (Fsp3) is 0.294. The molecule has 0 bridgehead atoms. The van der Waals surface area contributed by atoms with Crippen LogP contribution in [0.25, 0.3) is 10.8 Å². The van der Waals surface area contributed by atoms with Crippen molar-refractivity contribution in [2.24, 2.45) is 0 Å². The number of sulfonamides is 1. The number of benzene rings is 2. The average Bonchev–Trinajstić information content (AvgIpc) is 2.58. The summed E-state index contributed by atoms with van der Waals surface area (Å²) in [7, 11) is -2.24. The molecule has 0 aliphatic carbocycles. The quantitative estimate of drug-likeness (QED) is 0.772. The molecule has 1 atom stereocenters. The second kappa shape index (κ2) is 7.62. The van der Waals surface area contributed by atoms with Crippen molar-refractivity contribution in [3.05, 3.63) is 48.0 Å². The minimum Gasteiger partial charge on any atom is -0.479 e. The molecular weight excluding hydrogens is 344 g/mol. The van der Waals surface area contributed by atoms with E-state index in [0.29, 0.717) is 5.56 Å². The van der Waals surface area contributed by atoms with Crippen LogP contribution < -0.4 is 5.32 Å². The molecule has 1 amide bonds. The van der Waals surface area contributed by atoms with E-state index in [9.17, 15) is 23.1 Å². The number of aliphatic carboxylic acids is 1. The molecule has 0 fully saturated rings. The maximum atomic E-state index is 12.1. The molecule has 25 heavy (non-hydrogen) atoms. The number of hydrogen-bond donors (Lipinski definition) is 2. The van der Waals surface area contributed by atoms with E-state index < -0.39 is 34.5 Å². The molecule has 0 spiro atoms. The van der Waals surface area contributed by atoms with Gasteiger partial charge in [0.15, 0.2) is 6.04 Å². The molecule has 0 radical (unpaired) electrons. The summed E-state index contributed by atoms with van der Waals surface area (Å²) in [6, 6.07) is 11.3. The zero-order chi connectivity index (χ0) is 18.6. The predicted molar refractivity (Wildman–Crippen MR) is 94.6 cm³/mol. The highest BCUT2D eigenvalue weighted by Gasteiger charge is 2.25. The first-order chi connectivity index (χ1) is 11.7. The van der Waals surface area contributed by atoms with Crippen LogP contribution in [0.15, 0.2) is 42.5 Å².